The molecule has 2 aromatic rings. The van der Waals surface area contributed by atoms with E-state index < -0.39 is 6.10 Å². The normalized spacial score (nSPS) is 12.9. The van der Waals surface area contributed by atoms with Gasteiger partial charge in [-0.1, -0.05) is 17.3 Å². The van der Waals surface area contributed by atoms with E-state index >= 15 is 0 Å². The molecule has 0 aliphatic rings. The predicted octanol–water partition coefficient (Wildman–Crippen LogP) is 0.153. The lowest BCUT2D eigenvalue weighted by molar-refractivity contribution is 0.168. The van der Waals surface area contributed by atoms with Gasteiger partial charge in [0.15, 0.2) is 5.82 Å². The second kappa shape index (κ2) is 4.18. The van der Waals surface area contributed by atoms with E-state index in [4.69, 9.17) is 0 Å². The van der Waals surface area contributed by atoms with Crippen molar-refractivity contribution >= 4 is 0 Å². The third kappa shape index (κ3) is 2.18. The Kier molecular flexibility index (Phi) is 2.72. The molecule has 0 aliphatic carbocycles. The molecule has 80 valence electrons. The lowest BCUT2D eigenvalue weighted by Crippen LogP contribution is -2.02. The molecule has 0 radical (unpaired) electrons. The molecule has 1 N–H and O–H groups in total. The van der Waals surface area contributed by atoms with E-state index in [0.29, 0.717) is 24.5 Å². The Morgan fingerprint density at radius 3 is 3.13 bits per heavy atom. The molecule has 7 heteroatoms. The quantitative estimate of drug-likeness (QED) is 0.771. The Bertz CT molecular complexity index is 410. The third-order valence-electron chi connectivity index (χ3n) is 1.99. The van der Waals surface area contributed by atoms with Crippen molar-refractivity contribution in [2.24, 2.45) is 0 Å². The van der Waals surface area contributed by atoms with Crippen LogP contribution in [0.3, 0.4) is 0 Å². The van der Waals surface area contributed by atoms with Crippen LogP contribution in [0.25, 0.3) is 0 Å². The van der Waals surface area contributed by atoms with Crippen LogP contribution in [0.5, 0.6) is 0 Å². The van der Waals surface area contributed by atoms with Gasteiger partial charge in [-0.15, -0.1) is 5.10 Å². The fourth-order valence-corrected chi connectivity index (χ4v) is 1.16. The lowest BCUT2D eigenvalue weighted by atomic mass is 10.2. The first-order chi connectivity index (χ1) is 7.29. The molecule has 0 bridgehead atoms. The largest absolute Gasteiger partial charge is 0.387 e. The van der Waals surface area contributed by atoms with Gasteiger partial charge in [0.25, 0.3) is 0 Å². The predicted molar refractivity (Wildman–Crippen MR) is 48.7 cm³/mol. The van der Waals surface area contributed by atoms with E-state index in [9.17, 15) is 5.11 Å². The molecule has 1 unspecified atom stereocenters. The summed E-state index contributed by atoms with van der Waals surface area (Å²) in [5.74, 6) is 0.525. The summed E-state index contributed by atoms with van der Waals surface area (Å²) in [6, 6.07) is 0. The summed E-state index contributed by atoms with van der Waals surface area (Å²) in [5.41, 5.74) is 0.556. The number of hydrogen-bond donors (Lipinski definition) is 1. The Hall–Kier alpha value is -1.76. The van der Waals surface area contributed by atoms with E-state index in [0.717, 1.165) is 0 Å². The minimum absolute atomic E-state index is 0.389. The van der Waals surface area contributed by atoms with Gasteiger partial charge in [0.05, 0.1) is 12.3 Å². The van der Waals surface area contributed by atoms with Crippen LogP contribution < -0.4 is 0 Å². The van der Waals surface area contributed by atoms with Crippen LogP contribution in [0.1, 0.15) is 31.0 Å². The van der Waals surface area contributed by atoms with Crippen molar-refractivity contribution in [3.05, 3.63) is 24.1 Å². The zero-order chi connectivity index (χ0) is 10.7. The second-order valence-corrected chi connectivity index (χ2v) is 3.11. The second-order valence-electron chi connectivity index (χ2n) is 3.11. The van der Waals surface area contributed by atoms with Crippen LogP contribution in [-0.4, -0.2) is 30.2 Å². The number of aliphatic hydroxyl groups is 1. The third-order valence-corrected chi connectivity index (χ3v) is 1.99. The van der Waals surface area contributed by atoms with Crippen molar-refractivity contribution in [1.29, 1.82) is 0 Å². The lowest BCUT2D eigenvalue weighted by Gasteiger charge is -2.00. The van der Waals surface area contributed by atoms with Gasteiger partial charge in [-0.2, -0.15) is 4.98 Å². The minimum Gasteiger partial charge on any atom is -0.387 e. The molecule has 0 saturated carbocycles. The van der Waals surface area contributed by atoms with Crippen molar-refractivity contribution < 1.29 is 9.63 Å². The highest BCUT2D eigenvalue weighted by Crippen LogP contribution is 2.11. The number of aromatic nitrogens is 5. The van der Waals surface area contributed by atoms with Gasteiger partial charge in [0.2, 0.25) is 6.39 Å². The molecular weight excluding hydrogens is 198 g/mol. The Morgan fingerprint density at radius 1 is 1.60 bits per heavy atom. The van der Waals surface area contributed by atoms with Crippen molar-refractivity contribution in [1.82, 2.24) is 25.1 Å². The van der Waals surface area contributed by atoms with Crippen molar-refractivity contribution in [2.75, 3.05) is 0 Å². The highest BCUT2D eigenvalue weighted by Gasteiger charge is 2.10. The van der Waals surface area contributed by atoms with E-state index in [1.807, 2.05) is 6.92 Å². The highest BCUT2D eigenvalue weighted by atomic mass is 16.5. The fourth-order valence-electron chi connectivity index (χ4n) is 1.16. The molecule has 0 spiro atoms. The number of hydrogen-bond acceptors (Lipinski definition) is 6. The Labute approximate surface area is 85.7 Å². The summed E-state index contributed by atoms with van der Waals surface area (Å²) in [5, 5.41) is 20.8. The molecule has 0 fully saturated rings. The number of nitrogens with zero attached hydrogens (tertiary/aromatic N) is 5. The molecule has 2 heterocycles. The van der Waals surface area contributed by atoms with Gasteiger partial charge in [-0.3, -0.25) is 0 Å². The van der Waals surface area contributed by atoms with E-state index in [1.165, 1.54) is 6.39 Å². The standard InChI is InChI=1S/C8H11N5O2/c1-2-7(14)6-3-13(12-10-6)4-8-9-5-15-11-8/h3,5,7,14H,2,4H2,1H3. The van der Waals surface area contributed by atoms with Crippen LogP contribution in [0.4, 0.5) is 0 Å². The zero-order valence-electron chi connectivity index (χ0n) is 8.24. The summed E-state index contributed by atoms with van der Waals surface area (Å²) < 4.78 is 6.14. The van der Waals surface area contributed by atoms with Crippen molar-refractivity contribution in [3.8, 4) is 0 Å². The summed E-state index contributed by atoms with van der Waals surface area (Å²) in [4.78, 5) is 3.86. The van der Waals surface area contributed by atoms with Crippen LogP contribution in [0.15, 0.2) is 17.1 Å². The van der Waals surface area contributed by atoms with Gasteiger partial charge in [-0.25, -0.2) is 4.68 Å². The molecule has 0 amide bonds. The van der Waals surface area contributed by atoms with E-state index in [1.54, 1.807) is 10.9 Å². The van der Waals surface area contributed by atoms with E-state index in [2.05, 4.69) is 25.0 Å². The van der Waals surface area contributed by atoms with Gasteiger partial charge >= 0.3 is 0 Å². The summed E-state index contributed by atoms with van der Waals surface area (Å²) >= 11 is 0. The first kappa shape index (κ1) is 9.78. The maximum atomic E-state index is 9.50. The molecular formula is C8H11N5O2. The van der Waals surface area contributed by atoms with Gasteiger partial charge in [-0.05, 0) is 6.42 Å². The maximum absolute atomic E-state index is 9.50. The minimum atomic E-state index is -0.566. The monoisotopic (exact) mass is 209 g/mol. The number of aliphatic hydroxyl groups excluding tert-OH is 1. The molecule has 0 aliphatic heterocycles. The molecule has 0 aromatic carbocycles. The molecule has 7 nitrogen and oxygen atoms in total. The van der Waals surface area contributed by atoms with Gasteiger partial charge in [0, 0.05) is 0 Å². The molecule has 15 heavy (non-hydrogen) atoms. The van der Waals surface area contributed by atoms with Crippen LogP contribution in [0.2, 0.25) is 0 Å². The first-order valence-corrected chi connectivity index (χ1v) is 4.63. The maximum Gasteiger partial charge on any atom is 0.213 e. The average Bonchev–Trinajstić information content (AvgIpc) is 2.88. The summed E-state index contributed by atoms with van der Waals surface area (Å²) in [6.45, 7) is 2.27. The molecule has 1 atom stereocenters. The number of rotatable bonds is 4. The zero-order valence-corrected chi connectivity index (χ0v) is 8.24. The SMILES string of the molecule is CCC(O)c1cn(Cc2ncon2)nn1. The van der Waals surface area contributed by atoms with E-state index in [-0.39, 0.29) is 0 Å². The molecule has 2 aromatic heterocycles. The van der Waals surface area contributed by atoms with Gasteiger partial charge < -0.3 is 9.63 Å². The Morgan fingerprint density at radius 2 is 2.47 bits per heavy atom. The fraction of sp³-hybridized carbons (Fsp3) is 0.500. The molecule has 2 rings (SSSR count). The van der Waals surface area contributed by atoms with Crippen molar-refractivity contribution in [2.45, 2.75) is 26.0 Å². The highest BCUT2D eigenvalue weighted by molar-refractivity contribution is 4.97. The van der Waals surface area contributed by atoms with Crippen LogP contribution in [0, 0.1) is 0 Å². The summed E-state index contributed by atoms with van der Waals surface area (Å²) in [6.07, 6.45) is 2.98. The van der Waals surface area contributed by atoms with Crippen molar-refractivity contribution in [3.63, 3.8) is 0 Å². The Balaban J connectivity index is 2.07. The molecule has 0 saturated heterocycles. The smallest absolute Gasteiger partial charge is 0.213 e. The van der Waals surface area contributed by atoms with Crippen LogP contribution in [-0.2, 0) is 6.54 Å². The van der Waals surface area contributed by atoms with Gasteiger partial charge in [0.1, 0.15) is 12.2 Å². The summed E-state index contributed by atoms with van der Waals surface area (Å²) in [7, 11) is 0. The first-order valence-electron chi connectivity index (χ1n) is 4.63. The van der Waals surface area contributed by atoms with Crippen LogP contribution >= 0.6 is 0 Å². The average molecular weight is 209 g/mol. The topological polar surface area (TPSA) is 89.9 Å².